The number of phenols is 1. The third kappa shape index (κ3) is 6.94. The Hall–Kier alpha value is -2.24. The predicted octanol–water partition coefficient (Wildman–Crippen LogP) is 4.71. The first-order valence-electron chi connectivity index (χ1n) is 8.56. The van der Waals surface area contributed by atoms with E-state index in [1.54, 1.807) is 43.0 Å². The van der Waals surface area contributed by atoms with Crippen LogP contribution in [0.4, 0.5) is 10.5 Å². The summed E-state index contributed by atoms with van der Waals surface area (Å²) in [4.78, 5) is 24.8. The van der Waals surface area contributed by atoms with E-state index in [1.807, 2.05) is 18.4 Å². The van der Waals surface area contributed by atoms with Gasteiger partial charge in [-0.15, -0.1) is 11.8 Å². The van der Waals surface area contributed by atoms with E-state index in [-0.39, 0.29) is 5.75 Å². The SMILES string of the molecule is CSc1ccc(NC(=O)O[C@@H](c2cc(I)ccc2O)[C@H](C)/C=C/C(=O)NO)cc1. The Balaban J connectivity index is 2.23. The van der Waals surface area contributed by atoms with Crippen LogP contribution in [0.15, 0.2) is 59.5 Å². The number of nitrogens with one attached hydrogen (secondary N) is 2. The smallest absolute Gasteiger partial charge is 0.412 e. The Labute approximate surface area is 186 Å². The molecule has 0 spiro atoms. The maximum atomic E-state index is 12.5. The number of hydrogen-bond donors (Lipinski definition) is 4. The zero-order valence-electron chi connectivity index (χ0n) is 15.8. The molecule has 0 unspecified atom stereocenters. The Morgan fingerprint density at radius 3 is 2.52 bits per heavy atom. The molecule has 9 heteroatoms. The number of halogens is 1. The fraction of sp³-hybridized carbons (Fsp3) is 0.200. The van der Waals surface area contributed by atoms with E-state index in [0.29, 0.717) is 11.3 Å². The van der Waals surface area contributed by atoms with Crippen LogP contribution in [0.25, 0.3) is 0 Å². The van der Waals surface area contributed by atoms with Crippen molar-refractivity contribution >= 4 is 52.0 Å². The zero-order chi connectivity index (χ0) is 21.4. The van der Waals surface area contributed by atoms with Crippen LogP contribution in [-0.2, 0) is 9.53 Å². The number of carbonyl (C=O) groups is 2. The molecule has 2 aromatic carbocycles. The number of rotatable bonds is 7. The molecule has 0 saturated carbocycles. The van der Waals surface area contributed by atoms with Crippen molar-refractivity contribution in [3.63, 3.8) is 0 Å². The number of hydrogen-bond acceptors (Lipinski definition) is 6. The quantitative estimate of drug-likeness (QED) is 0.136. The van der Waals surface area contributed by atoms with Gasteiger partial charge in [-0.3, -0.25) is 15.3 Å². The minimum Gasteiger partial charge on any atom is -0.508 e. The summed E-state index contributed by atoms with van der Waals surface area (Å²) < 4.78 is 6.45. The number of ether oxygens (including phenoxy) is 1. The summed E-state index contributed by atoms with van der Waals surface area (Å²) >= 11 is 3.68. The van der Waals surface area contributed by atoms with Crippen molar-refractivity contribution in [1.82, 2.24) is 5.48 Å². The lowest BCUT2D eigenvalue weighted by atomic mass is 9.96. The summed E-state index contributed by atoms with van der Waals surface area (Å²) in [5.41, 5.74) is 2.48. The molecule has 2 atom stereocenters. The number of amides is 2. The van der Waals surface area contributed by atoms with Crippen molar-refractivity contribution in [2.45, 2.75) is 17.9 Å². The highest BCUT2D eigenvalue weighted by Crippen LogP contribution is 2.34. The van der Waals surface area contributed by atoms with Crippen molar-refractivity contribution < 1.29 is 24.6 Å². The van der Waals surface area contributed by atoms with E-state index < -0.39 is 24.0 Å². The average molecular weight is 528 g/mol. The third-order valence-electron chi connectivity index (χ3n) is 4.01. The van der Waals surface area contributed by atoms with Gasteiger partial charge in [-0.1, -0.05) is 13.0 Å². The molecule has 0 aliphatic heterocycles. The molecule has 29 heavy (non-hydrogen) atoms. The maximum Gasteiger partial charge on any atom is 0.412 e. The summed E-state index contributed by atoms with van der Waals surface area (Å²) in [6.07, 6.45) is 3.01. The van der Waals surface area contributed by atoms with Gasteiger partial charge in [0.15, 0.2) is 0 Å². The number of benzene rings is 2. The zero-order valence-corrected chi connectivity index (χ0v) is 18.7. The summed E-state index contributed by atoms with van der Waals surface area (Å²) in [7, 11) is 0. The first kappa shape index (κ1) is 23.0. The second kappa shape index (κ2) is 11.1. The Bertz CT molecular complexity index is 889. The number of carbonyl (C=O) groups excluding carboxylic acids is 2. The summed E-state index contributed by atoms with van der Waals surface area (Å²) in [6.45, 7) is 1.73. The van der Waals surface area contributed by atoms with E-state index in [2.05, 4.69) is 27.9 Å². The third-order valence-corrected chi connectivity index (χ3v) is 5.42. The van der Waals surface area contributed by atoms with E-state index in [1.165, 1.54) is 17.6 Å². The van der Waals surface area contributed by atoms with E-state index >= 15 is 0 Å². The van der Waals surface area contributed by atoms with E-state index in [4.69, 9.17) is 9.94 Å². The summed E-state index contributed by atoms with van der Waals surface area (Å²) in [5, 5.41) is 21.6. The van der Waals surface area contributed by atoms with Gasteiger partial charge in [-0.25, -0.2) is 10.3 Å². The van der Waals surface area contributed by atoms with Gasteiger partial charge in [0.2, 0.25) is 0 Å². The minimum absolute atomic E-state index is 0.0283. The molecule has 0 bridgehead atoms. The summed E-state index contributed by atoms with van der Waals surface area (Å²) in [6, 6.07) is 12.2. The Morgan fingerprint density at radius 1 is 1.21 bits per heavy atom. The second-order valence-corrected chi connectivity index (χ2v) is 8.20. The van der Waals surface area contributed by atoms with Crippen molar-refractivity contribution in [2.24, 2.45) is 5.92 Å². The van der Waals surface area contributed by atoms with Crippen LogP contribution in [0, 0.1) is 9.49 Å². The molecule has 0 radical (unpaired) electrons. The largest absolute Gasteiger partial charge is 0.508 e. The van der Waals surface area contributed by atoms with Crippen LogP contribution in [0.1, 0.15) is 18.6 Å². The number of anilines is 1. The molecule has 0 aliphatic carbocycles. The van der Waals surface area contributed by atoms with Crippen LogP contribution >= 0.6 is 34.4 Å². The molecule has 2 rings (SSSR count). The highest BCUT2D eigenvalue weighted by atomic mass is 127. The monoisotopic (exact) mass is 528 g/mol. The van der Waals surface area contributed by atoms with E-state index in [9.17, 15) is 14.7 Å². The molecule has 154 valence electrons. The van der Waals surface area contributed by atoms with Crippen LogP contribution < -0.4 is 10.8 Å². The van der Waals surface area contributed by atoms with Gasteiger partial charge in [0.25, 0.3) is 5.91 Å². The maximum absolute atomic E-state index is 12.5. The molecular formula is C20H21IN2O5S. The number of thioether (sulfide) groups is 1. The topological polar surface area (TPSA) is 108 Å². The fourth-order valence-corrected chi connectivity index (χ4v) is 3.45. The minimum atomic E-state index is -0.863. The normalized spacial score (nSPS) is 13.0. The summed E-state index contributed by atoms with van der Waals surface area (Å²) in [5.74, 6) is -1.21. The molecule has 0 aromatic heterocycles. The van der Waals surface area contributed by atoms with Crippen molar-refractivity contribution in [3.8, 4) is 5.75 Å². The lowest BCUT2D eigenvalue weighted by Gasteiger charge is -2.23. The Morgan fingerprint density at radius 2 is 1.90 bits per heavy atom. The lowest BCUT2D eigenvalue weighted by molar-refractivity contribution is -0.124. The first-order valence-corrected chi connectivity index (χ1v) is 10.9. The molecule has 2 aromatic rings. The molecule has 7 nitrogen and oxygen atoms in total. The average Bonchev–Trinajstić information content (AvgIpc) is 2.72. The molecule has 0 saturated heterocycles. The van der Waals surface area contributed by atoms with Gasteiger partial charge < -0.3 is 9.84 Å². The number of phenolic OH excluding ortho intramolecular Hbond substituents is 1. The van der Waals surface area contributed by atoms with Gasteiger partial charge in [0.1, 0.15) is 11.9 Å². The highest BCUT2D eigenvalue weighted by molar-refractivity contribution is 14.1. The van der Waals surface area contributed by atoms with Gasteiger partial charge in [-0.2, -0.15) is 0 Å². The molecule has 0 aliphatic rings. The van der Waals surface area contributed by atoms with Crippen LogP contribution in [0.5, 0.6) is 5.75 Å². The molecule has 0 fully saturated rings. The van der Waals surface area contributed by atoms with Gasteiger partial charge in [0, 0.05) is 31.7 Å². The van der Waals surface area contributed by atoms with Crippen molar-refractivity contribution in [3.05, 3.63) is 63.8 Å². The van der Waals surface area contributed by atoms with Crippen molar-refractivity contribution in [2.75, 3.05) is 11.6 Å². The second-order valence-electron chi connectivity index (χ2n) is 6.08. The number of aromatic hydroxyl groups is 1. The van der Waals surface area contributed by atoms with E-state index in [0.717, 1.165) is 14.5 Å². The van der Waals surface area contributed by atoms with Gasteiger partial charge >= 0.3 is 6.09 Å². The molecular weight excluding hydrogens is 507 g/mol. The van der Waals surface area contributed by atoms with Gasteiger partial charge in [0.05, 0.1) is 0 Å². The molecule has 4 N–H and O–H groups in total. The fourth-order valence-electron chi connectivity index (χ4n) is 2.52. The van der Waals surface area contributed by atoms with Crippen LogP contribution in [-0.4, -0.2) is 28.6 Å². The lowest BCUT2D eigenvalue weighted by Crippen LogP contribution is -2.22. The first-order chi connectivity index (χ1) is 13.8. The molecule has 0 heterocycles. The molecule has 2 amide bonds. The Kier molecular flexibility index (Phi) is 8.80. The van der Waals surface area contributed by atoms with Crippen LogP contribution in [0.3, 0.4) is 0 Å². The number of hydroxylamine groups is 1. The predicted molar refractivity (Wildman–Crippen MR) is 120 cm³/mol. The van der Waals surface area contributed by atoms with Crippen LogP contribution in [0.2, 0.25) is 0 Å². The van der Waals surface area contributed by atoms with Crippen molar-refractivity contribution in [1.29, 1.82) is 0 Å². The van der Waals surface area contributed by atoms with Gasteiger partial charge in [-0.05, 0) is 71.3 Å². The standard InChI is InChI=1S/C20H21IN2O5S/c1-12(3-10-18(25)23-27)19(16-11-13(21)4-9-17(16)24)28-20(26)22-14-5-7-15(29-2)8-6-14/h3-12,19,24,27H,1-2H3,(H,22,26)(H,23,25)/b10-3+/t12-,19-/m1/s1. The highest BCUT2D eigenvalue weighted by Gasteiger charge is 2.25.